The highest BCUT2D eigenvalue weighted by atomic mass is 33.1. The Morgan fingerprint density at radius 3 is 2.86 bits per heavy atom. The molecule has 3 N–H and O–H groups in total. The summed E-state index contributed by atoms with van der Waals surface area (Å²) < 4.78 is 0. The molecule has 14 heavy (non-hydrogen) atoms. The first-order valence-electron chi connectivity index (χ1n) is 3.93. The van der Waals surface area contributed by atoms with Crippen molar-refractivity contribution in [2.75, 3.05) is 12.3 Å². The third kappa shape index (κ3) is 3.57. The normalized spacial score (nSPS) is 10.1. The minimum absolute atomic E-state index is 0.207. The van der Waals surface area contributed by atoms with Gasteiger partial charge in [-0.05, 0) is 22.9 Å². The maximum Gasteiger partial charge on any atom is 0.337 e. The van der Waals surface area contributed by atoms with Gasteiger partial charge >= 0.3 is 5.97 Å². The van der Waals surface area contributed by atoms with Gasteiger partial charge in [0, 0.05) is 18.5 Å². The molecule has 4 nitrogen and oxygen atoms in total. The van der Waals surface area contributed by atoms with Crippen LogP contribution in [0.4, 0.5) is 0 Å². The quantitative estimate of drug-likeness (QED) is 0.589. The first-order valence-corrected chi connectivity index (χ1v) is 6.25. The zero-order valence-corrected chi connectivity index (χ0v) is 8.98. The van der Waals surface area contributed by atoms with Crippen LogP contribution in [0.3, 0.4) is 0 Å². The van der Waals surface area contributed by atoms with Gasteiger partial charge in [-0.25, -0.2) is 9.78 Å². The zero-order chi connectivity index (χ0) is 10.4. The number of nitrogens with two attached hydrogens (primary N) is 1. The van der Waals surface area contributed by atoms with Gasteiger partial charge in [0.05, 0.1) is 5.56 Å². The summed E-state index contributed by atoms with van der Waals surface area (Å²) in [7, 11) is 3.10. The van der Waals surface area contributed by atoms with Gasteiger partial charge in [0.1, 0.15) is 5.03 Å². The van der Waals surface area contributed by atoms with Crippen molar-refractivity contribution in [2.45, 2.75) is 5.03 Å². The average molecular weight is 230 g/mol. The lowest BCUT2D eigenvalue weighted by Crippen LogP contribution is -2.00. The van der Waals surface area contributed by atoms with Gasteiger partial charge in [-0.2, -0.15) is 0 Å². The van der Waals surface area contributed by atoms with Crippen LogP contribution in [0.1, 0.15) is 10.4 Å². The topological polar surface area (TPSA) is 76.2 Å². The molecule has 0 unspecified atom stereocenters. The Hall–Kier alpha value is -0.720. The summed E-state index contributed by atoms with van der Waals surface area (Å²) in [6, 6.07) is 3.23. The molecule has 0 aliphatic carbocycles. The van der Waals surface area contributed by atoms with Gasteiger partial charge in [-0.15, -0.1) is 0 Å². The summed E-state index contributed by atoms with van der Waals surface area (Å²) in [6.07, 6.45) is 1.35. The van der Waals surface area contributed by atoms with Crippen molar-refractivity contribution in [3.05, 3.63) is 23.9 Å². The van der Waals surface area contributed by atoms with E-state index in [1.165, 1.54) is 17.0 Å². The third-order valence-corrected chi connectivity index (χ3v) is 3.63. The summed E-state index contributed by atoms with van der Waals surface area (Å²) >= 11 is 0. The second kappa shape index (κ2) is 5.90. The second-order valence-electron chi connectivity index (χ2n) is 2.38. The van der Waals surface area contributed by atoms with Gasteiger partial charge in [0.2, 0.25) is 0 Å². The maximum atomic E-state index is 10.5. The molecule has 0 saturated carbocycles. The lowest BCUT2D eigenvalue weighted by molar-refractivity contribution is 0.0696. The van der Waals surface area contributed by atoms with Crippen molar-refractivity contribution < 1.29 is 9.90 Å². The molecule has 0 aliphatic rings. The molecule has 1 heterocycles. The Morgan fingerprint density at radius 1 is 1.57 bits per heavy atom. The Labute approximate surface area is 89.7 Å². The van der Waals surface area contributed by atoms with Gasteiger partial charge in [-0.3, -0.25) is 0 Å². The monoisotopic (exact) mass is 230 g/mol. The summed E-state index contributed by atoms with van der Waals surface area (Å²) in [5.41, 5.74) is 5.53. The van der Waals surface area contributed by atoms with Crippen LogP contribution in [0.15, 0.2) is 23.4 Å². The molecule has 0 aliphatic heterocycles. The highest BCUT2D eigenvalue weighted by molar-refractivity contribution is 8.76. The second-order valence-corrected chi connectivity index (χ2v) is 4.82. The molecule has 0 aromatic carbocycles. The van der Waals surface area contributed by atoms with Crippen LogP contribution < -0.4 is 5.73 Å². The number of carboxylic acids is 1. The number of aromatic carboxylic acids is 1. The molecule has 0 fully saturated rings. The largest absolute Gasteiger partial charge is 0.478 e. The molecular weight excluding hydrogens is 220 g/mol. The summed E-state index contributed by atoms with van der Waals surface area (Å²) in [4.78, 5) is 14.5. The molecule has 0 spiro atoms. The van der Waals surface area contributed by atoms with Crippen molar-refractivity contribution in [1.82, 2.24) is 4.98 Å². The Balaban J connectivity index is 2.51. The van der Waals surface area contributed by atoms with Gasteiger partial charge in [0.15, 0.2) is 0 Å². The van der Waals surface area contributed by atoms with Crippen LogP contribution in [0, 0.1) is 0 Å². The molecule has 6 heteroatoms. The van der Waals surface area contributed by atoms with Gasteiger partial charge in [0.25, 0.3) is 0 Å². The molecule has 0 saturated heterocycles. The van der Waals surface area contributed by atoms with Crippen LogP contribution in [0.2, 0.25) is 0 Å². The van der Waals surface area contributed by atoms with Crippen molar-refractivity contribution in [3.63, 3.8) is 0 Å². The van der Waals surface area contributed by atoms with Crippen LogP contribution in [-0.2, 0) is 0 Å². The van der Waals surface area contributed by atoms with Crippen LogP contribution in [0.25, 0.3) is 0 Å². The fourth-order valence-electron chi connectivity index (χ4n) is 0.706. The fraction of sp³-hybridized carbons (Fsp3) is 0.250. The summed E-state index contributed by atoms with van der Waals surface area (Å²) in [6.45, 7) is 0.630. The number of rotatable bonds is 5. The van der Waals surface area contributed by atoms with E-state index in [9.17, 15) is 4.79 Å². The first kappa shape index (κ1) is 11.4. The van der Waals surface area contributed by atoms with Crippen LogP contribution in [-0.4, -0.2) is 28.4 Å². The van der Waals surface area contributed by atoms with Crippen molar-refractivity contribution in [1.29, 1.82) is 0 Å². The van der Waals surface area contributed by atoms with E-state index in [1.54, 1.807) is 22.9 Å². The Morgan fingerprint density at radius 2 is 2.36 bits per heavy atom. The fourth-order valence-corrected chi connectivity index (χ4v) is 2.42. The van der Waals surface area contributed by atoms with Gasteiger partial charge in [-0.1, -0.05) is 10.8 Å². The number of nitrogens with zero attached hydrogens (tertiary/aromatic N) is 1. The highest BCUT2D eigenvalue weighted by Gasteiger charge is 2.02. The van der Waals surface area contributed by atoms with Crippen molar-refractivity contribution >= 4 is 27.6 Å². The van der Waals surface area contributed by atoms with E-state index in [0.29, 0.717) is 6.54 Å². The zero-order valence-electron chi connectivity index (χ0n) is 7.34. The van der Waals surface area contributed by atoms with Gasteiger partial charge < -0.3 is 10.8 Å². The number of pyridine rings is 1. The third-order valence-electron chi connectivity index (χ3n) is 1.33. The summed E-state index contributed by atoms with van der Waals surface area (Å²) in [5.74, 6) is -0.101. The van der Waals surface area contributed by atoms with Crippen LogP contribution in [0.5, 0.6) is 0 Å². The lowest BCUT2D eigenvalue weighted by atomic mass is 10.3. The Bertz CT molecular complexity index is 303. The number of carbonyl (C=O) groups is 1. The number of aromatic nitrogens is 1. The predicted molar refractivity (Wildman–Crippen MR) is 58.6 cm³/mol. The smallest absolute Gasteiger partial charge is 0.337 e. The Kier molecular flexibility index (Phi) is 4.78. The molecule has 1 rings (SSSR count). The van der Waals surface area contributed by atoms with E-state index >= 15 is 0 Å². The number of carboxylic acid groups (broad SMARTS) is 1. The number of hydrogen-bond acceptors (Lipinski definition) is 5. The van der Waals surface area contributed by atoms with Crippen LogP contribution >= 0.6 is 21.6 Å². The maximum absolute atomic E-state index is 10.5. The van der Waals surface area contributed by atoms with E-state index in [4.69, 9.17) is 10.8 Å². The van der Waals surface area contributed by atoms with E-state index < -0.39 is 5.97 Å². The van der Waals surface area contributed by atoms with E-state index in [2.05, 4.69) is 4.98 Å². The minimum Gasteiger partial charge on any atom is -0.478 e. The standard InChI is InChI=1S/C8H10N2O2S2/c9-3-4-13-14-7-2-1-6(5-10-7)8(11)12/h1-2,5H,3-4,9H2,(H,11,12). The van der Waals surface area contributed by atoms with E-state index in [0.717, 1.165) is 10.8 Å². The highest BCUT2D eigenvalue weighted by Crippen LogP contribution is 2.28. The molecule has 0 radical (unpaired) electrons. The number of hydrogen-bond donors (Lipinski definition) is 2. The molecule has 0 atom stereocenters. The SMILES string of the molecule is NCCSSc1ccc(C(=O)O)cn1. The minimum atomic E-state index is -0.955. The van der Waals surface area contributed by atoms with E-state index in [-0.39, 0.29) is 5.56 Å². The molecule has 0 bridgehead atoms. The predicted octanol–water partition coefficient (Wildman–Crippen LogP) is 1.48. The molecule has 0 amide bonds. The van der Waals surface area contributed by atoms with Crippen molar-refractivity contribution in [2.24, 2.45) is 5.73 Å². The van der Waals surface area contributed by atoms with E-state index in [1.807, 2.05) is 0 Å². The summed E-state index contributed by atoms with van der Waals surface area (Å²) in [5, 5.41) is 9.42. The average Bonchev–Trinajstić information content (AvgIpc) is 2.19. The molecule has 1 aromatic rings. The molecular formula is C8H10N2O2S2. The molecule has 1 aromatic heterocycles. The first-order chi connectivity index (χ1) is 6.74. The lowest BCUT2D eigenvalue weighted by Gasteiger charge is -1.98. The molecule has 76 valence electrons. The van der Waals surface area contributed by atoms with Crippen molar-refractivity contribution in [3.8, 4) is 0 Å².